The molecule has 120 valence electrons. The Bertz CT molecular complexity index is 837. The maximum absolute atomic E-state index is 12.2. The lowest BCUT2D eigenvalue weighted by Gasteiger charge is -2.17. The lowest BCUT2D eigenvalue weighted by molar-refractivity contribution is 0.102. The van der Waals surface area contributed by atoms with Gasteiger partial charge in [-0.15, -0.1) is 10.2 Å². The van der Waals surface area contributed by atoms with Gasteiger partial charge in [0.15, 0.2) is 11.5 Å². The number of amides is 1. The van der Waals surface area contributed by atoms with Gasteiger partial charge in [0.05, 0.1) is 0 Å². The first kappa shape index (κ1) is 16.1. The fourth-order valence-electron chi connectivity index (χ4n) is 2.17. The van der Waals surface area contributed by atoms with Crippen LogP contribution in [-0.4, -0.2) is 23.2 Å². The zero-order valence-electron chi connectivity index (χ0n) is 13.0. The molecule has 2 aromatic carbocycles. The molecule has 1 heterocycles. The molecule has 24 heavy (non-hydrogen) atoms. The highest BCUT2D eigenvalue weighted by molar-refractivity contribution is 9.10. The molecule has 0 aliphatic heterocycles. The average Bonchev–Trinajstić information content (AvgIpc) is 2.62. The molecule has 0 unspecified atom stereocenters. The molecule has 3 aromatic rings. The Morgan fingerprint density at radius 2 is 1.79 bits per heavy atom. The van der Waals surface area contributed by atoms with E-state index >= 15 is 0 Å². The summed E-state index contributed by atoms with van der Waals surface area (Å²) in [6.45, 7) is 0. The Kier molecular flexibility index (Phi) is 4.86. The molecule has 6 heteroatoms. The van der Waals surface area contributed by atoms with Crippen molar-refractivity contribution >= 4 is 39.0 Å². The number of nitrogens with one attached hydrogen (secondary N) is 1. The number of para-hydroxylation sites is 1. The number of rotatable bonds is 4. The summed E-state index contributed by atoms with van der Waals surface area (Å²) in [6.07, 6.45) is 0. The van der Waals surface area contributed by atoms with Crippen LogP contribution in [0.1, 0.15) is 10.5 Å². The van der Waals surface area contributed by atoms with E-state index in [9.17, 15) is 4.79 Å². The summed E-state index contributed by atoms with van der Waals surface area (Å²) < 4.78 is 0.895. The second-order valence-corrected chi connectivity index (χ2v) is 6.05. The lowest BCUT2D eigenvalue weighted by atomic mass is 10.3. The van der Waals surface area contributed by atoms with Gasteiger partial charge in [0.1, 0.15) is 0 Å². The van der Waals surface area contributed by atoms with Crippen LogP contribution in [0.5, 0.6) is 0 Å². The van der Waals surface area contributed by atoms with Gasteiger partial charge in [-0.3, -0.25) is 4.79 Å². The first-order valence-corrected chi connectivity index (χ1v) is 8.12. The highest BCUT2D eigenvalue weighted by Crippen LogP contribution is 2.20. The maximum Gasteiger partial charge on any atom is 0.276 e. The molecule has 0 atom stereocenters. The van der Waals surface area contributed by atoms with E-state index in [-0.39, 0.29) is 11.6 Å². The third kappa shape index (κ3) is 3.78. The van der Waals surface area contributed by atoms with Crippen LogP contribution in [0.25, 0.3) is 0 Å². The summed E-state index contributed by atoms with van der Waals surface area (Å²) >= 11 is 3.37. The van der Waals surface area contributed by atoms with E-state index in [1.807, 2.05) is 66.5 Å². The number of carbonyl (C=O) groups excluding carboxylic acids is 1. The summed E-state index contributed by atoms with van der Waals surface area (Å²) in [7, 11) is 1.90. The van der Waals surface area contributed by atoms with Crippen LogP contribution < -0.4 is 10.2 Å². The molecular weight excluding hydrogens is 368 g/mol. The van der Waals surface area contributed by atoms with E-state index in [1.54, 1.807) is 12.1 Å². The zero-order chi connectivity index (χ0) is 16.9. The minimum atomic E-state index is -0.297. The molecule has 1 N–H and O–H groups in total. The Morgan fingerprint density at radius 1 is 1.00 bits per heavy atom. The van der Waals surface area contributed by atoms with Gasteiger partial charge >= 0.3 is 0 Å². The topological polar surface area (TPSA) is 58.1 Å². The molecule has 1 aromatic heterocycles. The van der Waals surface area contributed by atoms with Crippen LogP contribution in [0.4, 0.5) is 17.2 Å². The smallest absolute Gasteiger partial charge is 0.276 e. The number of halogens is 1. The van der Waals surface area contributed by atoms with Gasteiger partial charge in [-0.05, 0) is 42.5 Å². The molecule has 0 saturated carbocycles. The molecule has 0 saturated heterocycles. The lowest BCUT2D eigenvalue weighted by Crippen LogP contribution is -2.16. The molecule has 0 radical (unpaired) electrons. The number of carbonyl (C=O) groups is 1. The molecule has 0 fully saturated rings. The van der Waals surface area contributed by atoms with Gasteiger partial charge in [-0.1, -0.05) is 40.2 Å². The highest BCUT2D eigenvalue weighted by atomic mass is 79.9. The van der Waals surface area contributed by atoms with Crippen molar-refractivity contribution in [1.82, 2.24) is 10.2 Å². The Hall–Kier alpha value is -2.73. The fraction of sp³-hybridized carbons (Fsp3) is 0.0556. The van der Waals surface area contributed by atoms with Crippen molar-refractivity contribution in [2.24, 2.45) is 0 Å². The van der Waals surface area contributed by atoms with Gasteiger partial charge in [0.2, 0.25) is 0 Å². The van der Waals surface area contributed by atoms with Gasteiger partial charge in [0.25, 0.3) is 5.91 Å². The molecule has 0 spiro atoms. The van der Waals surface area contributed by atoms with Crippen molar-refractivity contribution in [2.75, 3.05) is 17.3 Å². The summed E-state index contributed by atoms with van der Waals surface area (Å²) in [5.41, 5.74) is 1.96. The fourth-order valence-corrected chi connectivity index (χ4v) is 2.57. The molecule has 0 aliphatic carbocycles. The van der Waals surface area contributed by atoms with E-state index in [0.717, 1.165) is 10.2 Å². The minimum Gasteiger partial charge on any atom is -0.328 e. The van der Waals surface area contributed by atoms with Crippen molar-refractivity contribution in [3.05, 3.63) is 76.9 Å². The predicted molar refractivity (Wildman–Crippen MR) is 98.6 cm³/mol. The van der Waals surface area contributed by atoms with Crippen molar-refractivity contribution < 1.29 is 4.79 Å². The number of benzene rings is 2. The monoisotopic (exact) mass is 382 g/mol. The molecular formula is C18H15BrN4O. The molecule has 1 amide bonds. The highest BCUT2D eigenvalue weighted by Gasteiger charge is 2.11. The number of hydrogen-bond acceptors (Lipinski definition) is 4. The number of nitrogens with zero attached hydrogens (tertiary/aromatic N) is 3. The summed E-state index contributed by atoms with van der Waals surface area (Å²) in [5.74, 6) is 0.370. The van der Waals surface area contributed by atoms with Crippen LogP contribution >= 0.6 is 15.9 Å². The van der Waals surface area contributed by atoms with E-state index in [2.05, 4.69) is 31.4 Å². The second-order valence-electron chi connectivity index (χ2n) is 5.14. The Balaban J connectivity index is 1.73. The van der Waals surface area contributed by atoms with E-state index < -0.39 is 0 Å². The molecule has 0 aliphatic rings. The quantitative estimate of drug-likeness (QED) is 0.732. The SMILES string of the molecule is CN(c1ccccc1)c1ccc(C(=O)Nc2cccc(Br)c2)nn1. The maximum atomic E-state index is 12.2. The largest absolute Gasteiger partial charge is 0.328 e. The first-order chi connectivity index (χ1) is 11.6. The van der Waals surface area contributed by atoms with Crippen molar-refractivity contribution in [2.45, 2.75) is 0 Å². The predicted octanol–water partition coefficient (Wildman–Crippen LogP) is 4.26. The van der Waals surface area contributed by atoms with Crippen LogP contribution in [0.3, 0.4) is 0 Å². The molecule has 5 nitrogen and oxygen atoms in total. The summed E-state index contributed by atoms with van der Waals surface area (Å²) in [6, 6.07) is 20.6. The molecule has 3 rings (SSSR count). The average molecular weight is 383 g/mol. The van der Waals surface area contributed by atoms with Crippen molar-refractivity contribution in [3.8, 4) is 0 Å². The van der Waals surface area contributed by atoms with Gasteiger partial charge in [0, 0.05) is 22.9 Å². The third-order valence-electron chi connectivity index (χ3n) is 3.45. The zero-order valence-corrected chi connectivity index (χ0v) is 14.6. The van der Waals surface area contributed by atoms with Crippen molar-refractivity contribution in [1.29, 1.82) is 0 Å². The number of anilines is 3. The van der Waals surface area contributed by atoms with Crippen LogP contribution in [0, 0.1) is 0 Å². The number of hydrogen-bond donors (Lipinski definition) is 1. The third-order valence-corrected chi connectivity index (χ3v) is 3.95. The Morgan fingerprint density at radius 3 is 2.46 bits per heavy atom. The standard InChI is InChI=1S/C18H15BrN4O/c1-23(15-8-3-2-4-9-15)17-11-10-16(21-22-17)18(24)20-14-7-5-6-13(19)12-14/h2-12H,1H3,(H,20,24). The summed E-state index contributed by atoms with van der Waals surface area (Å²) in [4.78, 5) is 14.1. The van der Waals surface area contributed by atoms with E-state index in [4.69, 9.17) is 0 Å². The Labute approximate surface area is 148 Å². The first-order valence-electron chi connectivity index (χ1n) is 7.33. The normalized spacial score (nSPS) is 10.2. The van der Waals surface area contributed by atoms with Crippen LogP contribution in [0.2, 0.25) is 0 Å². The van der Waals surface area contributed by atoms with Crippen LogP contribution in [-0.2, 0) is 0 Å². The van der Waals surface area contributed by atoms with Gasteiger partial charge in [-0.2, -0.15) is 0 Å². The second kappa shape index (κ2) is 7.23. The van der Waals surface area contributed by atoms with Crippen molar-refractivity contribution in [3.63, 3.8) is 0 Å². The van der Waals surface area contributed by atoms with Gasteiger partial charge < -0.3 is 10.2 Å². The minimum absolute atomic E-state index is 0.264. The van der Waals surface area contributed by atoms with E-state index in [1.165, 1.54) is 0 Å². The molecule has 0 bridgehead atoms. The van der Waals surface area contributed by atoms with Gasteiger partial charge in [-0.25, -0.2) is 0 Å². The van der Waals surface area contributed by atoms with E-state index in [0.29, 0.717) is 11.5 Å². The summed E-state index contributed by atoms with van der Waals surface area (Å²) in [5, 5.41) is 11.0. The number of aromatic nitrogens is 2. The van der Waals surface area contributed by atoms with Crippen LogP contribution in [0.15, 0.2) is 71.2 Å².